The van der Waals surface area contributed by atoms with Gasteiger partial charge in [-0.2, -0.15) is 0 Å². The molecule has 152 valence electrons. The van der Waals surface area contributed by atoms with Gasteiger partial charge >= 0.3 is 0 Å². The van der Waals surface area contributed by atoms with Crippen LogP contribution in [0.1, 0.15) is 44.9 Å². The van der Waals surface area contributed by atoms with Crippen LogP contribution >= 0.6 is 0 Å². The second-order valence-electron chi connectivity index (χ2n) is 10.4. The van der Waals surface area contributed by atoms with Gasteiger partial charge in [-0.15, -0.1) is 0 Å². The summed E-state index contributed by atoms with van der Waals surface area (Å²) >= 11 is 0. The number of amides is 1. The number of likely N-dealkylation sites (tertiary alicyclic amines) is 1. The van der Waals surface area contributed by atoms with Crippen LogP contribution in [0.3, 0.4) is 0 Å². The third-order valence-electron chi connectivity index (χ3n) is 8.44. The van der Waals surface area contributed by atoms with Crippen LogP contribution in [0.4, 0.5) is 0 Å². The number of nitrogens with one attached hydrogen (secondary N) is 1. The Hall–Kier alpha value is -0.650. The minimum Gasteiger partial charge on any atom is -0.352 e. The second kappa shape index (κ2) is 7.64. The van der Waals surface area contributed by atoms with Crippen molar-refractivity contribution in [1.82, 2.24) is 20.0 Å². The zero-order valence-corrected chi connectivity index (χ0v) is 17.1. The summed E-state index contributed by atoms with van der Waals surface area (Å²) in [7, 11) is 2.25. The molecule has 0 radical (unpaired) electrons. The number of rotatable bonds is 4. The van der Waals surface area contributed by atoms with Crippen molar-refractivity contribution in [3.05, 3.63) is 0 Å². The SMILES string of the molecule is CN1CCCC(N2CCN(CC(=O)NC3C4CC5CC(C4)CC3C5)CC2)C1. The monoisotopic (exact) mass is 374 g/mol. The minimum atomic E-state index is 0.290. The highest BCUT2D eigenvalue weighted by atomic mass is 16.2. The molecule has 0 aromatic carbocycles. The van der Waals surface area contributed by atoms with Gasteiger partial charge in [0, 0.05) is 44.8 Å². The number of carbonyl (C=O) groups excluding carboxylic acids is 1. The van der Waals surface area contributed by atoms with Crippen molar-refractivity contribution >= 4 is 5.91 Å². The van der Waals surface area contributed by atoms with Gasteiger partial charge in [-0.25, -0.2) is 0 Å². The summed E-state index contributed by atoms with van der Waals surface area (Å²) in [6.07, 6.45) is 9.68. The average molecular weight is 375 g/mol. The summed E-state index contributed by atoms with van der Waals surface area (Å²) in [5, 5.41) is 3.49. The van der Waals surface area contributed by atoms with Crippen LogP contribution in [0.2, 0.25) is 0 Å². The molecule has 1 unspecified atom stereocenters. The van der Waals surface area contributed by atoms with Gasteiger partial charge in [0.25, 0.3) is 0 Å². The number of nitrogens with zero attached hydrogens (tertiary/aromatic N) is 3. The maximum atomic E-state index is 12.8. The van der Waals surface area contributed by atoms with Crippen LogP contribution in [0.5, 0.6) is 0 Å². The summed E-state index contributed by atoms with van der Waals surface area (Å²) in [5.41, 5.74) is 0. The normalized spacial score (nSPS) is 43.1. The van der Waals surface area contributed by atoms with E-state index in [-0.39, 0.29) is 0 Å². The van der Waals surface area contributed by atoms with Gasteiger partial charge in [0.2, 0.25) is 5.91 Å². The highest BCUT2D eigenvalue weighted by molar-refractivity contribution is 5.78. The zero-order chi connectivity index (χ0) is 18.4. The molecule has 5 heteroatoms. The Labute approximate surface area is 164 Å². The van der Waals surface area contributed by atoms with Crippen molar-refractivity contribution in [3.63, 3.8) is 0 Å². The lowest BCUT2D eigenvalue weighted by Gasteiger charge is -2.54. The van der Waals surface area contributed by atoms with Crippen molar-refractivity contribution in [2.45, 2.75) is 57.0 Å². The van der Waals surface area contributed by atoms with Gasteiger partial charge in [0.1, 0.15) is 0 Å². The molecule has 4 aliphatic carbocycles. The van der Waals surface area contributed by atoms with E-state index in [2.05, 4.69) is 27.1 Å². The first kappa shape index (κ1) is 18.4. The summed E-state index contributed by atoms with van der Waals surface area (Å²) in [5.74, 6) is 3.81. The van der Waals surface area contributed by atoms with Crippen LogP contribution in [0.15, 0.2) is 0 Å². The highest BCUT2D eigenvalue weighted by Crippen LogP contribution is 2.53. The maximum absolute atomic E-state index is 12.8. The maximum Gasteiger partial charge on any atom is 0.234 e. The van der Waals surface area contributed by atoms with Gasteiger partial charge in [-0.1, -0.05) is 0 Å². The number of piperidine rings is 1. The van der Waals surface area contributed by atoms with E-state index in [1.165, 1.54) is 58.0 Å². The van der Waals surface area contributed by atoms with E-state index < -0.39 is 0 Å². The molecule has 1 N–H and O–H groups in total. The number of hydrogen-bond acceptors (Lipinski definition) is 4. The van der Waals surface area contributed by atoms with E-state index in [1.54, 1.807) is 0 Å². The first-order valence-electron chi connectivity index (χ1n) is 11.6. The Morgan fingerprint density at radius 3 is 2.22 bits per heavy atom. The molecule has 2 heterocycles. The second-order valence-corrected chi connectivity index (χ2v) is 10.4. The molecule has 0 spiro atoms. The first-order chi connectivity index (χ1) is 13.1. The third kappa shape index (κ3) is 3.92. The van der Waals surface area contributed by atoms with E-state index in [0.29, 0.717) is 18.5 Å². The molecule has 2 aliphatic heterocycles. The molecular formula is C22H38N4O. The van der Waals surface area contributed by atoms with Crippen LogP contribution in [-0.2, 0) is 4.79 Å². The van der Waals surface area contributed by atoms with Crippen molar-refractivity contribution in [2.24, 2.45) is 23.7 Å². The minimum absolute atomic E-state index is 0.290. The fourth-order valence-electron chi connectivity index (χ4n) is 7.32. The summed E-state index contributed by atoms with van der Waals surface area (Å²) in [6.45, 7) is 7.44. The smallest absolute Gasteiger partial charge is 0.234 e. The summed E-state index contributed by atoms with van der Waals surface area (Å²) < 4.78 is 0. The van der Waals surface area contributed by atoms with Crippen LogP contribution < -0.4 is 5.32 Å². The molecule has 6 rings (SSSR count). The Bertz CT molecular complexity index is 516. The van der Waals surface area contributed by atoms with Crippen LogP contribution in [0, 0.1) is 23.7 Å². The Morgan fingerprint density at radius 2 is 1.59 bits per heavy atom. The standard InChI is InChI=1S/C22H38N4O/c1-24-4-2-3-20(14-24)26-7-5-25(6-8-26)15-21(27)23-22-18-10-16-9-17(12-18)13-19(22)11-16/h16-20,22H,2-15H2,1H3,(H,23,27). The van der Waals surface area contributed by atoms with E-state index in [9.17, 15) is 4.79 Å². The fourth-order valence-corrected chi connectivity index (χ4v) is 7.32. The largest absolute Gasteiger partial charge is 0.352 e. The average Bonchev–Trinajstić information content (AvgIpc) is 2.65. The van der Waals surface area contributed by atoms with Crippen molar-refractivity contribution in [3.8, 4) is 0 Å². The summed E-state index contributed by atoms with van der Waals surface area (Å²) in [4.78, 5) is 20.3. The third-order valence-corrected chi connectivity index (χ3v) is 8.44. The molecule has 27 heavy (non-hydrogen) atoms. The molecular weight excluding hydrogens is 336 g/mol. The summed E-state index contributed by atoms with van der Waals surface area (Å²) in [6, 6.07) is 1.22. The molecule has 4 saturated carbocycles. The van der Waals surface area contributed by atoms with E-state index in [4.69, 9.17) is 0 Å². The lowest BCUT2D eigenvalue weighted by atomic mass is 9.54. The molecule has 1 amide bonds. The van der Waals surface area contributed by atoms with E-state index >= 15 is 0 Å². The molecule has 1 atom stereocenters. The molecule has 0 aromatic heterocycles. The quantitative estimate of drug-likeness (QED) is 0.812. The van der Waals surface area contributed by atoms with Gasteiger partial charge in [0.05, 0.1) is 6.54 Å². The number of hydrogen-bond donors (Lipinski definition) is 1. The zero-order valence-electron chi connectivity index (χ0n) is 17.1. The van der Waals surface area contributed by atoms with Gasteiger partial charge in [-0.3, -0.25) is 14.6 Å². The lowest BCUT2D eigenvalue weighted by molar-refractivity contribution is -0.126. The number of piperazine rings is 1. The topological polar surface area (TPSA) is 38.8 Å². The first-order valence-corrected chi connectivity index (χ1v) is 11.6. The number of likely N-dealkylation sites (N-methyl/N-ethyl adjacent to an activating group) is 1. The number of carbonyl (C=O) groups is 1. The highest BCUT2D eigenvalue weighted by Gasteiger charge is 2.48. The van der Waals surface area contributed by atoms with Crippen LogP contribution in [-0.4, -0.2) is 85.6 Å². The van der Waals surface area contributed by atoms with E-state index in [0.717, 1.165) is 55.9 Å². The molecule has 5 nitrogen and oxygen atoms in total. The molecule has 2 saturated heterocycles. The van der Waals surface area contributed by atoms with Gasteiger partial charge in [-0.05, 0) is 82.2 Å². The van der Waals surface area contributed by atoms with Gasteiger partial charge in [0.15, 0.2) is 0 Å². The predicted octanol–water partition coefficient (Wildman–Crippen LogP) is 1.64. The molecule has 6 fully saturated rings. The van der Waals surface area contributed by atoms with Crippen molar-refractivity contribution < 1.29 is 4.79 Å². The van der Waals surface area contributed by atoms with Gasteiger partial charge < -0.3 is 10.2 Å². The van der Waals surface area contributed by atoms with Crippen molar-refractivity contribution in [2.75, 3.05) is 52.9 Å². The Morgan fingerprint density at radius 1 is 0.926 bits per heavy atom. The molecule has 4 bridgehead atoms. The lowest BCUT2D eigenvalue weighted by Crippen LogP contribution is -2.58. The molecule has 0 aromatic rings. The Balaban J connectivity index is 1.08. The van der Waals surface area contributed by atoms with Crippen molar-refractivity contribution in [1.29, 1.82) is 0 Å². The van der Waals surface area contributed by atoms with E-state index in [1.807, 2.05) is 0 Å². The molecule has 6 aliphatic rings. The van der Waals surface area contributed by atoms with Crippen LogP contribution in [0.25, 0.3) is 0 Å². The predicted molar refractivity (Wildman–Crippen MR) is 108 cm³/mol. The Kier molecular flexibility index (Phi) is 5.20. The fraction of sp³-hybridized carbons (Fsp3) is 0.955.